The van der Waals surface area contributed by atoms with Gasteiger partial charge in [0, 0.05) is 12.2 Å². The van der Waals surface area contributed by atoms with Crippen molar-refractivity contribution in [3.8, 4) is 0 Å². The van der Waals surface area contributed by atoms with Gasteiger partial charge in [0.1, 0.15) is 5.69 Å². The van der Waals surface area contributed by atoms with E-state index < -0.39 is 0 Å². The summed E-state index contributed by atoms with van der Waals surface area (Å²) in [4.78, 5) is 16.0. The van der Waals surface area contributed by atoms with Crippen LogP contribution in [0.3, 0.4) is 0 Å². The Morgan fingerprint density at radius 3 is 3.00 bits per heavy atom. The molecule has 1 N–H and O–H groups in total. The summed E-state index contributed by atoms with van der Waals surface area (Å²) in [5.74, 6) is -0.0640. The molecule has 0 aliphatic heterocycles. The average molecular weight is 204 g/mol. The lowest BCUT2D eigenvalue weighted by molar-refractivity contribution is 0.0950. The number of nitrogens with one attached hydrogen (secondary N) is 1. The maximum atomic E-state index is 11.6. The van der Waals surface area contributed by atoms with Gasteiger partial charge in [0.05, 0.1) is 0 Å². The molecule has 0 atom stereocenters. The number of carbonyl (C=O) groups excluding carboxylic acids is 1. The molecule has 3 nitrogen and oxygen atoms in total. The molecule has 1 aliphatic carbocycles. The van der Waals surface area contributed by atoms with Crippen LogP contribution in [0.15, 0.2) is 12.1 Å². The van der Waals surface area contributed by atoms with Gasteiger partial charge in [-0.1, -0.05) is 6.07 Å². The van der Waals surface area contributed by atoms with E-state index >= 15 is 0 Å². The van der Waals surface area contributed by atoms with E-state index in [4.69, 9.17) is 0 Å². The summed E-state index contributed by atoms with van der Waals surface area (Å²) >= 11 is 0. The van der Waals surface area contributed by atoms with Gasteiger partial charge in [-0.3, -0.25) is 4.79 Å². The summed E-state index contributed by atoms with van der Waals surface area (Å²) in [5.41, 5.74) is 2.98. The first-order valence-electron chi connectivity index (χ1n) is 5.58. The molecule has 80 valence electrons. The fraction of sp³-hybridized carbons (Fsp3) is 0.500. The van der Waals surface area contributed by atoms with Crippen LogP contribution in [-0.4, -0.2) is 17.4 Å². The van der Waals surface area contributed by atoms with Gasteiger partial charge in [-0.15, -0.1) is 0 Å². The lowest BCUT2D eigenvalue weighted by Crippen LogP contribution is -2.24. The van der Waals surface area contributed by atoms with Crippen molar-refractivity contribution in [1.29, 1.82) is 0 Å². The number of hydrogen-bond donors (Lipinski definition) is 1. The summed E-state index contributed by atoms with van der Waals surface area (Å²) in [6.07, 6.45) is 4.56. The van der Waals surface area contributed by atoms with Crippen LogP contribution >= 0.6 is 0 Å². The Morgan fingerprint density at radius 1 is 1.40 bits per heavy atom. The molecule has 15 heavy (non-hydrogen) atoms. The molecule has 1 amide bonds. The van der Waals surface area contributed by atoms with Crippen molar-refractivity contribution in [2.24, 2.45) is 0 Å². The zero-order valence-corrected chi connectivity index (χ0v) is 9.05. The van der Waals surface area contributed by atoms with Crippen LogP contribution in [0.1, 0.15) is 41.5 Å². The Morgan fingerprint density at radius 2 is 2.20 bits per heavy atom. The van der Waals surface area contributed by atoms with Gasteiger partial charge in [-0.25, -0.2) is 4.98 Å². The monoisotopic (exact) mass is 204 g/mol. The number of aryl methyl sites for hydroxylation is 2. The number of nitrogens with zero attached hydrogens (tertiary/aromatic N) is 1. The third-order valence-corrected chi connectivity index (χ3v) is 2.75. The normalized spacial score (nSPS) is 14.5. The predicted molar refractivity (Wildman–Crippen MR) is 58.9 cm³/mol. The summed E-state index contributed by atoms with van der Waals surface area (Å²) in [6, 6.07) is 3.88. The summed E-state index contributed by atoms with van der Waals surface area (Å²) in [5, 5.41) is 2.77. The van der Waals surface area contributed by atoms with Crippen LogP contribution in [0.2, 0.25) is 0 Å². The van der Waals surface area contributed by atoms with Gasteiger partial charge in [-0.2, -0.15) is 0 Å². The van der Waals surface area contributed by atoms with E-state index in [0.29, 0.717) is 12.2 Å². The van der Waals surface area contributed by atoms with Crippen molar-refractivity contribution < 1.29 is 4.79 Å². The Kier molecular flexibility index (Phi) is 2.99. The van der Waals surface area contributed by atoms with Crippen LogP contribution in [0.25, 0.3) is 0 Å². The number of carbonyl (C=O) groups is 1. The van der Waals surface area contributed by atoms with E-state index in [1.807, 2.05) is 19.1 Å². The second-order valence-electron chi connectivity index (χ2n) is 3.87. The van der Waals surface area contributed by atoms with Crippen LogP contribution in [0, 0.1) is 0 Å². The molecule has 1 aromatic heterocycles. The highest BCUT2D eigenvalue weighted by atomic mass is 16.1. The number of amides is 1. The minimum absolute atomic E-state index is 0.0640. The molecule has 1 aliphatic rings. The van der Waals surface area contributed by atoms with Crippen LogP contribution in [0.5, 0.6) is 0 Å². The first kappa shape index (κ1) is 10.1. The Bertz CT molecular complexity index is 374. The lowest BCUT2D eigenvalue weighted by atomic mass is 9.96. The number of aromatic nitrogens is 1. The van der Waals surface area contributed by atoms with Crippen molar-refractivity contribution in [3.05, 3.63) is 29.1 Å². The molecular formula is C12H16N2O. The number of hydrogen-bond acceptors (Lipinski definition) is 2. The number of fused-ring (bicyclic) bond motifs is 1. The summed E-state index contributed by atoms with van der Waals surface area (Å²) in [7, 11) is 0. The molecule has 0 radical (unpaired) electrons. The second kappa shape index (κ2) is 4.43. The van der Waals surface area contributed by atoms with Crippen molar-refractivity contribution in [2.45, 2.75) is 32.6 Å². The van der Waals surface area contributed by atoms with E-state index in [-0.39, 0.29) is 5.91 Å². The molecular weight excluding hydrogens is 188 g/mol. The lowest BCUT2D eigenvalue weighted by Gasteiger charge is -2.15. The Labute approximate surface area is 89.9 Å². The molecule has 0 spiro atoms. The topological polar surface area (TPSA) is 42.0 Å². The number of pyridine rings is 1. The average Bonchev–Trinajstić information content (AvgIpc) is 2.29. The van der Waals surface area contributed by atoms with Gasteiger partial charge < -0.3 is 5.32 Å². The zero-order valence-electron chi connectivity index (χ0n) is 9.05. The minimum atomic E-state index is -0.0640. The standard InChI is InChI=1S/C12H16N2O/c1-2-13-12(15)11-8-7-9-5-3-4-6-10(9)14-11/h7-8H,2-6H2,1H3,(H,13,15). The summed E-state index contributed by atoms with van der Waals surface area (Å²) < 4.78 is 0. The van der Waals surface area contributed by atoms with Crippen LogP contribution in [-0.2, 0) is 12.8 Å². The minimum Gasteiger partial charge on any atom is -0.351 e. The SMILES string of the molecule is CCNC(=O)c1ccc2c(n1)CCCC2. The van der Waals surface area contributed by atoms with Gasteiger partial charge in [0.2, 0.25) is 0 Å². The van der Waals surface area contributed by atoms with Gasteiger partial charge >= 0.3 is 0 Å². The largest absolute Gasteiger partial charge is 0.351 e. The Hall–Kier alpha value is -1.38. The highest BCUT2D eigenvalue weighted by Crippen LogP contribution is 2.19. The molecule has 3 heteroatoms. The third kappa shape index (κ3) is 2.17. The molecule has 1 aromatic rings. The molecule has 0 unspecified atom stereocenters. The van der Waals surface area contributed by atoms with Gasteiger partial charge in [0.15, 0.2) is 0 Å². The Balaban J connectivity index is 2.24. The van der Waals surface area contributed by atoms with Crippen molar-refractivity contribution in [1.82, 2.24) is 10.3 Å². The molecule has 0 saturated carbocycles. The fourth-order valence-corrected chi connectivity index (χ4v) is 1.96. The van der Waals surface area contributed by atoms with E-state index in [1.54, 1.807) is 0 Å². The quantitative estimate of drug-likeness (QED) is 0.796. The van der Waals surface area contributed by atoms with E-state index in [2.05, 4.69) is 10.3 Å². The van der Waals surface area contributed by atoms with E-state index in [9.17, 15) is 4.79 Å². The highest BCUT2D eigenvalue weighted by molar-refractivity contribution is 5.92. The third-order valence-electron chi connectivity index (χ3n) is 2.75. The molecule has 0 bridgehead atoms. The molecule has 0 saturated heterocycles. The highest BCUT2D eigenvalue weighted by Gasteiger charge is 2.13. The van der Waals surface area contributed by atoms with Crippen molar-refractivity contribution in [2.75, 3.05) is 6.54 Å². The smallest absolute Gasteiger partial charge is 0.269 e. The van der Waals surface area contributed by atoms with Crippen LogP contribution in [0.4, 0.5) is 0 Å². The maximum Gasteiger partial charge on any atom is 0.269 e. The second-order valence-corrected chi connectivity index (χ2v) is 3.87. The predicted octanol–water partition coefficient (Wildman–Crippen LogP) is 1.71. The van der Waals surface area contributed by atoms with Crippen LogP contribution < -0.4 is 5.32 Å². The molecule has 2 rings (SSSR count). The first-order chi connectivity index (χ1) is 7.31. The first-order valence-corrected chi connectivity index (χ1v) is 5.58. The van der Waals surface area contributed by atoms with Gasteiger partial charge in [0.25, 0.3) is 5.91 Å². The van der Waals surface area contributed by atoms with E-state index in [1.165, 1.54) is 18.4 Å². The van der Waals surface area contributed by atoms with Crippen molar-refractivity contribution >= 4 is 5.91 Å². The summed E-state index contributed by atoms with van der Waals surface area (Å²) in [6.45, 7) is 2.56. The molecule has 0 aromatic carbocycles. The maximum absolute atomic E-state index is 11.6. The molecule has 1 heterocycles. The fourth-order valence-electron chi connectivity index (χ4n) is 1.96. The zero-order chi connectivity index (χ0) is 10.7. The van der Waals surface area contributed by atoms with Crippen molar-refractivity contribution in [3.63, 3.8) is 0 Å². The number of rotatable bonds is 2. The van der Waals surface area contributed by atoms with E-state index in [0.717, 1.165) is 18.5 Å². The molecule has 0 fully saturated rings. The van der Waals surface area contributed by atoms with Gasteiger partial charge in [-0.05, 0) is 44.2 Å².